The molecule has 142 valence electrons. The van der Waals surface area contributed by atoms with Crippen LogP contribution in [0.4, 0.5) is 0 Å². The summed E-state index contributed by atoms with van der Waals surface area (Å²) in [5.74, 6) is 0.460. The molecule has 3 heterocycles. The smallest absolute Gasteiger partial charge is 0.256 e. The third kappa shape index (κ3) is 3.45. The normalized spacial score (nSPS) is 26.4. The van der Waals surface area contributed by atoms with E-state index in [0.717, 1.165) is 62.9 Å². The minimum atomic E-state index is -0.382. The molecule has 1 saturated carbocycles. The number of likely N-dealkylation sites (tertiary alicyclic amines) is 1. The lowest BCUT2D eigenvalue weighted by Gasteiger charge is -2.36. The zero-order valence-corrected chi connectivity index (χ0v) is 15.8. The van der Waals surface area contributed by atoms with Crippen LogP contribution >= 0.6 is 12.4 Å². The number of carbonyl (C=O) groups is 2. The Bertz CT molecular complexity index is 669. The molecule has 0 unspecified atom stereocenters. The minimum absolute atomic E-state index is 0. The molecule has 2 aliphatic heterocycles. The SMILES string of the molecule is Cl.N[C@H](C(=O)N1CCCC1)C1CCC(N2Cc3ncccc3C2=O)CC1. The molecule has 0 radical (unpaired) electrons. The standard InChI is InChI=1S/C19H26N4O2.ClH/c20-17(19(25)22-10-1-2-11-22)13-5-7-14(8-6-13)23-12-16-15(18(23)24)4-3-9-21-16;/h3-4,9,13-14,17H,1-2,5-8,10-12,20H2;1H/t13?,14?,17-;/m0./s1. The molecule has 1 aromatic rings. The Morgan fingerprint density at radius 1 is 1.19 bits per heavy atom. The Morgan fingerprint density at radius 3 is 2.54 bits per heavy atom. The van der Waals surface area contributed by atoms with Crippen molar-refractivity contribution < 1.29 is 9.59 Å². The fraction of sp³-hybridized carbons (Fsp3) is 0.632. The van der Waals surface area contributed by atoms with Crippen molar-refractivity contribution in [2.45, 2.75) is 57.2 Å². The fourth-order valence-electron chi connectivity index (χ4n) is 4.56. The number of fused-ring (bicyclic) bond motifs is 1. The van der Waals surface area contributed by atoms with E-state index >= 15 is 0 Å². The van der Waals surface area contributed by atoms with Crippen LogP contribution in [-0.4, -0.2) is 51.8 Å². The highest BCUT2D eigenvalue weighted by atomic mass is 35.5. The number of nitrogens with two attached hydrogens (primary N) is 1. The molecule has 2 fully saturated rings. The number of aromatic nitrogens is 1. The van der Waals surface area contributed by atoms with Gasteiger partial charge in [-0.1, -0.05) is 0 Å². The summed E-state index contributed by atoms with van der Waals surface area (Å²) in [4.78, 5) is 33.3. The van der Waals surface area contributed by atoms with Gasteiger partial charge in [0.05, 0.1) is 23.8 Å². The summed E-state index contributed by atoms with van der Waals surface area (Å²) in [6.45, 7) is 2.33. The zero-order valence-electron chi connectivity index (χ0n) is 15.0. The van der Waals surface area contributed by atoms with Gasteiger partial charge in [0.25, 0.3) is 5.91 Å². The van der Waals surface area contributed by atoms with Crippen molar-refractivity contribution in [1.82, 2.24) is 14.8 Å². The largest absolute Gasteiger partial charge is 0.341 e. The Balaban J connectivity index is 0.00000196. The third-order valence-electron chi connectivity index (χ3n) is 6.09. The molecule has 1 saturated heterocycles. The first kappa shape index (κ1) is 19.1. The first-order valence-electron chi connectivity index (χ1n) is 9.44. The van der Waals surface area contributed by atoms with Gasteiger partial charge in [0, 0.05) is 25.3 Å². The van der Waals surface area contributed by atoms with Crippen LogP contribution in [0.5, 0.6) is 0 Å². The number of nitrogens with zero attached hydrogens (tertiary/aromatic N) is 3. The van der Waals surface area contributed by atoms with Crippen molar-refractivity contribution in [1.29, 1.82) is 0 Å². The number of halogens is 1. The molecular formula is C19H27ClN4O2. The van der Waals surface area contributed by atoms with Crippen molar-refractivity contribution in [3.05, 3.63) is 29.6 Å². The van der Waals surface area contributed by atoms with Gasteiger partial charge in [-0.25, -0.2) is 0 Å². The van der Waals surface area contributed by atoms with Crippen LogP contribution in [0.25, 0.3) is 0 Å². The Hall–Kier alpha value is -1.66. The Labute approximate surface area is 160 Å². The lowest BCUT2D eigenvalue weighted by Crippen LogP contribution is -2.49. The second-order valence-corrected chi connectivity index (χ2v) is 7.56. The monoisotopic (exact) mass is 378 g/mol. The highest BCUT2D eigenvalue weighted by Gasteiger charge is 2.38. The molecular weight excluding hydrogens is 352 g/mol. The van der Waals surface area contributed by atoms with Crippen molar-refractivity contribution in [3.63, 3.8) is 0 Å². The number of rotatable bonds is 3. The molecule has 4 rings (SSSR count). The van der Waals surface area contributed by atoms with Crippen molar-refractivity contribution in [2.75, 3.05) is 13.1 Å². The van der Waals surface area contributed by atoms with Crippen LogP contribution < -0.4 is 5.73 Å². The summed E-state index contributed by atoms with van der Waals surface area (Å²) in [7, 11) is 0. The van der Waals surface area contributed by atoms with Crippen LogP contribution in [0, 0.1) is 5.92 Å². The van der Waals surface area contributed by atoms with Gasteiger partial charge in [0.2, 0.25) is 5.91 Å². The average molecular weight is 379 g/mol. The second kappa shape index (κ2) is 7.92. The maximum absolute atomic E-state index is 12.6. The van der Waals surface area contributed by atoms with E-state index in [1.807, 2.05) is 21.9 Å². The molecule has 7 heteroatoms. The van der Waals surface area contributed by atoms with E-state index in [2.05, 4.69) is 4.98 Å². The van der Waals surface area contributed by atoms with Crippen LogP contribution in [0.2, 0.25) is 0 Å². The van der Waals surface area contributed by atoms with Gasteiger partial charge >= 0.3 is 0 Å². The third-order valence-corrected chi connectivity index (χ3v) is 6.09. The molecule has 0 aromatic carbocycles. The molecule has 2 amide bonds. The van der Waals surface area contributed by atoms with Crippen molar-refractivity contribution in [3.8, 4) is 0 Å². The number of carbonyl (C=O) groups excluding carboxylic acids is 2. The molecule has 0 bridgehead atoms. The van der Waals surface area contributed by atoms with E-state index in [1.54, 1.807) is 6.20 Å². The summed E-state index contributed by atoms with van der Waals surface area (Å²) in [5.41, 5.74) is 7.91. The molecule has 1 aliphatic carbocycles. The molecule has 6 nitrogen and oxygen atoms in total. The van der Waals surface area contributed by atoms with Gasteiger partial charge < -0.3 is 15.5 Å². The van der Waals surface area contributed by atoms with Gasteiger partial charge in [0.15, 0.2) is 0 Å². The lowest BCUT2D eigenvalue weighted by molar-refractivity contribution is -0.133. The summed E-state index contributed by atoms with van der Waals surface area (Å²) < 4.78 is 0. The van der Waals surface area contributed by atoms with E-state index in [4.69, 9.17) is 5.73 Å². The van der Waals surface area contributed by atoms with E-state index < -0.39 is 0 Å². The lowest BCUT2D eigenvalue weighted by atomic mass is 9.81. The summed E-state index contributed by atoms with van der Waals surface area (Å²) in [5, 5.41) is 0. The molecule has 26 heavy (non-hydrogen) atoms. The van der Waals surface area contributed by atoms with Gasteiger partial charge in [-0.3, -0.25) is 14.6 Å². The van der Waals surface area contributed by atoms with Crippen LogP contribution in [-0.2, 0) is 11.3 Å². The summed E-state index contributed by atoms with van der Waals surface area (Å²) >= 11 is 0. The summed E-state index contributed by atoms with van der Waals surface area (Å²) in [6.07, 6.45) is 7.61. The average Bonchev–Trinajstić information content (AvgIpc) is 3.30. The highest BCUT2D eigenvalue weighted by Crippen LogP contribution is 2.33. The number of amides is 2. The number of hydrogen-bond acceptors (Lipinski definition) is 4. The van der Waals surface area contributed by atoms with Gasteiger partial charge in [0.1, 0.15) is 0 Å². The molecule has 0 spiro atoms. The Morgan fingerprint density at radius 2 is 1.88 bits per heavy atom. The van der Waals surface area contributed by atoms with Crippen molar-refractivity contribution in [2.24, 2.45) is 11.7 Å². The van der Waals surface area contributed by atoms with E-state index in [9.17, 15) is 9.59 Å². The molecule has 2 N–H and O–H groups in total. The van der Waals surface area contributed by atoms with E-state index in [-0.39, 0.29) is 42.2 Å². The molecule has 1 atom stereocenters. The Kier molecular flexibility index (Phi) is 5.82. The topological polar surface area (TPSA) is 79.5 Å². The van der Waals surface area contributed by atoms with Gasteiger partial charge in [-0.15, -0.1) is 12.4 Å². The highest BCUT2D eigenvalue weighted by molar-refractivity contribution is 5.97. The van der Waals surface area contributed by atoms with Crippen LogP contribution in [0.1, 0.15) is 54.6 Å². The second-order valence-electron chi connectivity index (χ2n) is 7.56. The first-order chi connectivity index (χ1) is 12.1. The van der Waals surface area contributed by atoms with Gasteiger partial charge in [-0.2, -0.15) is 0 Å². The fourth-order valence-corrected chi connectivity index (χ4v) is 4.56. The first-order valence-corrected chi connectivity index (χ1v) is 9.44. The summed E-state index contributed by atoms with van der Waals surface area (Å²) in [6, 6.07) is 3.54. The number of hydrogen-bond donors (Lipinski definition) is 1. The van der Waals surface area contributed by atoms with Gasteiger partial charge in [-0.05, 0) is 56.6 Å². The quantitative estimate of drug-likeness (QED) is 0.872. The predicted molar refractivity (Wildman–Crippen MR) is 101 cm³/mol. The predicted octanol–water partition coefficient (Wildman–Crippen LogP) is 1.97. The maximum atomic E-state index is 12.6. The van der Waals surface area contributed by atoms with E-state index in [1.165, 1.54) is 0 Å². The molecule has 3 aliphatic rings. The van der Waals surface area contributed by atoms with E-state index in [0.29, 0.717) is 6.54 Å². The van der Waals surface area contributed by atoms with Crippen LogP contribution in [0.15, 0.2) is 18.3 Å². The van der Waals surface area contributed by atoms with Crippen LogP contribution in [0.3, 0.4) is 0 Å². The zero-order chi connectivity index (χ0) is 17.4. The minimum Gasteiger partial charge on any atom is -0.341 e. The number of pyridine rings is 1. The maximum Gasteiger partial charge on any atom is 0.256 e. The molecule has 1 aromatic heterocycles. The van der Waals surface area contributed by atoms with Crippen molar-refractivity contribution >= 4 is 24.2 Å².